The topological polar surface area (TPSA) is 68.5 Å². The van der Waals surface area contributed by atoms with Crippen LogP contribution in [0.3, 0.4) is 0 Å². The maximum atomic E-state index is 12.1. The van der Waals surface area contributed by atoms with Crippen LogP contribution >= 0.6 is 0 Å². The smallest absolute Gasteiger partial charge is 0.287 e. The molecule has 0 aliphatic carbocycles. The molecule has 0 unspecified atom stereocenters. The van der Waals surface area contributed by atoms with Gasteiger partial charge in [0.15, 0.2) is 11.5 Å². The van der Waals surface area contributed by atoms with E-state index in [1.54, 1.807) is 12.1 Å². The molecule has 25 heavy (non-hydrogen) atoms. The monoisotopic (exact) mass is 343 g/mol. The minimum Gasteiger partial charge on any atom is -0.485 e. The first-order valence-corrected chi connectivity index (χ1v) is 8.27. The number of hydrogen-bond acceptors (Lipinski definition) is 4. The van der Waals surface area contributed by atoms with Crippen LogP contribution in [0.15, 0.2) is 34.7 Å². The molecule has 0 saturated carbocycles. The number of rotatable bonds is 6. The minimum absolute atomic E-state index is 0.0165. The lowest BCUT2D eigenvalue weighted by atomic mass is 9.91. The van der Waals surface area contributed by atoms with E-state index in [1.807, 2.05) is 52.8 Å². The zero-order valence-electron chi connectivity index (χ0n) is 15.4. The van der Waals surface area contributed by atoms with Crippen LogP contribution in [0.5, 0.6) is 5.75 Å². The Kier molecular flexibility index (Phi) is 5.67. The highest BCUT2D eigenvalue weighted by Crippen LogP contribution is 2.21. The Hall–Kier alpha value is -2.56. The van der Waals surface area contributed by atoms with Gasteiger partial charge in [-0.3, -0.25) is 9.59 Å². The summed E-state index contributed by atoms with van der Waals surface area (Å²) in [4.78, 5) is 23.9. The minimum atomic E-state index is -0.485. The summed E-state index contributed by atoms with van der Waals surface area (Å²) in [5, 5.41) is 2.59. The lowest BCUT2D eigenvalue weighted by molar-refractivity contribution is -0.125. The number of furan rings is 1. The molecule has 2 aromatic rings. The van der Waals surface area contributed by atoms with E-state index >= 15 is 0 Å². The van der Waals surface area contributed by atoms with Gasteiger partial charge in [-0.25, -0.2) is 0 Å². The summed E-state index contributed by atoms with van der Waals surface area (Å²) in [6, 6.07) is 9.27. The molecule has 0 atom stereocenters. The highest BCUT2D eigenvalue weighted by molar-refractivity contribution is 5.95. The number of nitrogens with one attached hydrogen (secondary N) is 1. The maximum absolute atomic E-state index is 12.1. The van der Waals surface area contributed by atoms with Crippen molar-refractivity contribution in [2.45, 2.75) is 41.2 Å². The third-order valence-electron chi connectivity index (χ3n) is 3.85. The highest BCUT2D eigenvalue weighted by Gasteiger charge is 2.22. The second-order valence-electron chi connectivity index (χ2n) is 7.18. The molecule has 5 heteroatoms. The molecule has 0 fully saturated rings. The molecule has 0 spiro atoms. The number of benzene rings is 1. The Bertz CT molecular complexity index is 768. The Morgan fingerprint density at radius 1 is 1.12 bits per heavy atom. The maximum Gasteiger partial charge on any atom is 0.287 e. The first-order chi connectivity index (χ1) is 11.7. The number of carbonyl (C=O) groups excluding carboxylic acids is 2. The molecule has 1 aromatic carbocycles. The van der Waals surface area contributed by atoms with Gasteiger partial charge >= 0.3 is 0 Å². The fourth-order valence-electron chi connectivity index (χ4n) is 2.10. The normalized spacial score (nSPS) is 11.2. The summed E-state index contributed by atoms with van der Waals surface area (Å²) in [5.74, 6) is 1.06. The van der Waals surface area contributed by atoms with Crippen molar-refractivity contribution < 1.29 is 18.7 Å². The van der Waals surface area contributed by atoms with E-state index in [2.05, 4.69) is 5.32 Å². The molecule has 0 aliphatic rings. The molecular weight excluding hydrogens is 318 g/mol. The third-order valence-corrected chi connectivity index (χ3v) is 3.85. The summed E-state index contributed by atoms with van der Waals surface area (Å²) >= 11 is 0. The molecule has 2 rings (SSSR count). The average Bonchev–Trinajstić information content (AvgIpc) is 3.01. The van der Waals surface area contributed by atoms with Gasteiger partial charge in [-0.2, -0.15) is 0 Å². The Morgan fingerprint density at radius 3 is 2.52 bits per heavy atom. The molecule has 0 radical (unpaired) electrons. The predicted molar refractivity (Wildman–Crippen MR) is 95.8 cm³/mol. The van der Waals surface area contributed by atoms with Crippen molar-refractivity contribution in [3.05, 3.63) is 53.0 Å². The molecule has 1 N–H and O–H groups in total. The molecule has 1 heterocycles. The number of aryl methyl sites for hydroxylation is 2. The van der Waals surface area contributed by atoms with Gasteiger partial charge in [0, 0.05) is 5.41 Å². The third kappa shape index (κ3) is 5.21. The fraction of sp³-hybridized carbons (Fsp3) is 0.400. The largest absolute Gasteiger partial charge is 0.485 e. The first kappa shape index (κ1) is 18.8. The summed E-state index contributed by atoms with van der Waals surface area (Å²) in [7, 11) is 0. The van der Waals surface area contributed by atoms with Gasteiger partial charge < -0.3 is 14.5 Å². The molecule has 0 bridgehead atoms. The number of ketones is 1. The van der Waals surface area contributed by atoms with Crippen LogP contribution in [0, 0.1) is 19.3 Å². The van der Waals surface area contributed by atoms with Crippen molar-refractivity contribution in [2.75, 3.05) is 6.54 Å². The summed E-state index contributed by atoms with van der Waals surface area (Å²) in [6.07, 6.45) is 0. The average molecular weight is 343 g/mol. The molecule has 134 valence electrons. The summed E-state index contributed by atoms with van der Waals surface area (Å²) in [6.45, 7) is 9.64. The summed E-state index contributed by atoms with van der Waals surface area (Å²) in [5.41, 5.74) is 1.67. The number of Topliss-reactive ketones (excluding diaryl/α,β-unsaturated/α-hetero) is 1. The highest BCUT2D eigenvalue weighted by atomic mass is 16.5. The van der Waals surface area contributed by atoms with Gasteiger partial charge in [0.05, 0.1) is 6.54 Å². The number of carbonyl (C=O) groups is 2. The van der Waals surface area contributed by atoms with E-state index in [1.165, 1.54) is 0 Å². The quantitative estimate of drug-likeness (QED) is 0.866. The first-order valence-electron chi connectivity index (χ1n) is 8.27. The summed E-state index contributed by atoms with van der Waals surface area (Å²) < 4.78 is 11.3. The van der Waals surface area contributed by atoms with Crippen LogP contribution < -0.4 is 10.1 Å². The van der Waals surface area contributed by atoms with E-state index in [0.29, 0.717) is 5.76 Å². The number of amides is 1. The van der Waals surface area contributed by atoms with Gasteiger partial charge in [-0.1, -0.05) is 32.9 Å². The SMILES string of the molecule is Cc1ccc(C)c(OCc2ccc(C(=O)NCC(=O)C(C)(C)C)o2)c1. The molecule has 1 amide bonds. The molecule has 5 nitrogen and oxygen atoms in total. The Labute approximate surface area is 148 Å². The van der Waals surface area contributed by atoms with Crippen molar-refractivity contribution in [1.82, 2.24) is 5.32 Å². The van der Waals surface area contributed by atoms with Crippen LogP contribution in [0.2, 0.25) is 0 Å². The fourth-order valence-corrected chi connectivity index (χ4v) is 2.10. The van der Waals surface area contributed by atoms with Crippen LogP contribution in [0.25, 0.3) is 0 Å². The Morgan fingerprint density at radius 2 is 1.84 bits per heavy atom. The lowest BCUT2D eigenvalue weighted by Crippen LogP contribution is -2.35. The van der Waals surface area contributed by atoms with Gasteiger partial charge in [0.1, 0.15) is 18.1 Å². The molecule has 0 saturated heterocycles. The predicted octanol–water partition coefficient (Wildman–Crippen LogP) is 3.82. The van der Waals surface area contributed by atoms with Crippen LogP contribution in [0.1, 0.15) is 48.2 Å². The standard InChI is InChI=1S/C20H25NO4/c1-13-6-7-14(2)17(10-13)24-12-15-8-9-16(25-15)19(23)21-11-18(22)20(3,4)5/h6-10H,11-12H2,1-5H3,(H,21,23). The van der Waals surface area contributed by atoms with Gasteiger partial charge in [0.2, 0.25) is 0 Å². The van der Waals surface area contributed by atoms with Gasteiger partial charge in [0.25, 0.3) is 5.91 Å². The van der Waals surface area contributed by atoms with E-state index in [0.717, 1.165) is 16.9 Å². The van der Waals surface area contributed by atoms with Crippen molar-refractivity contribution >= 4 is 11.7 Å². The van der Waals surface area contributed by atoms with E-state index in [-0.39, 0.29) is 24.7 Å². The molecule has 1 aromatic heterocycles. The number of hydrogen-bond donors (Lipinski definition) is 1. The van der Waals surface area contributed by atoms with Gasteiger partial charge in [-0.05, 0) is 43.2 Å². The van der Waals surface area contributed by atoms with E-state index < -0.39 is 11.3 Å². The second-order valence-corrected chi connectivity index (χ2v) is 7.18. The molecular formula is C20H25NO4. The lowest BCUT2D eigenvalue weighted by Gasteiger charge is -2.16. The molecule has 0 aliphatic heterocycles. The number of ether oxygens (including phenoxy) is 1. The van der Waals surface area contributed by atoms with Crippen LogP contribution in [0.4, 0.5) is 0 Å². The van der Waals surface area contributed by atoms with Crippen molar-refractivity contribution in [1.29, 1.82) is 0 Å². The van der Waals surface area contributed by atoms with Gasteiger partial charge in [-0.15, -0.1) is 0 Å². The van der Waals surface area contributed by atoms with Crippen molar-refractivity contribution in [3.63, 3.8) is 0 Å². The zero-order chi connectivity index (χ0) is 18.6. The second kappa shape index (κ2) is 7.55. The van der Waals surface area contributed by atoms with Crippen LogP contribution in [-0.4, -0.2) is 18.2 Å². The van der Waals surface area contributed by atoms with Crippen molar-refractivity contribution in [3.8, 4) is 5.75 Å². The van der Waals surface area contributed by atoms with Crippen molar-refractivity contribution in [2.24, 2.45) is 5.41 Å². The Balaban J connectivity index is 1.92. The van der Waals surface area contributed by atoms with Crippen LogP contribution in [-0.2, 0) is 11.4 Å². The van der Waals surface area contributed by atoms with E-state index in [9.17, 15) is 9.59 Å². The zero-order valence-corrected chi connectivity index (χ0v) is 15.4. The van der Waals surface area contributed by atoms with E-state index in [4.69, 9.17) is 9.15 Å².